The van der Waals surface area contributed by atoms with Gasteiger partial charge in [0.25, 0.3) is 5.91 Å². The number of nitrogens with one attached hydrogen (secondary N) is 3. The molecular weight excluding hydrogens is 483 g/mol. The van der Waals surface area contributed by atoms with Crippen LogP contribution in [0.5, 0.6) is 0 Å². The van der Waals surface area contributed by atoms with Crippen molar-refractivity contribution < 1.29 is 9.21 Å². The first-order valence-electron chi connectivity index (χ1n) is 8.89. The van der Waals surface area contributed by atoms with E-state index in [0.717, 1.165) is 11.3 Å². The zero-order chi connectivity index (χ0) is 19.6. The molecule has 9 heteroatoms. The van der Waals surface area contributed by atoms with Gasteiger partial charge in [0.2, 0.25) is 5.89 Å². The van der Waals surface area contributed by atoms with Gasteiger partial charge < -0.3 is 20.4 Å². The van der Waals surface area contributed by atoms with Crippen LogP contribution in [0.3, 0.4) is 0 Å². The fraction of sp³-hybridized carbons (Fsp3) is 0.200. The number of hydrogen-bond donors (Lipinski definition) is 3. The van der Waals surface area contributed by atoms with Crippen LogP contribution in [0.15, 0.2) is 70.5 Å². The minimum absolute atomic E-state index is 0. The number of oxazole rings is 1. The fourth-order valence-corrected chi connectivity index (χ4v) is 2.45. The summed E-state index contributed by atoms with van der Waals surface area (Å²) in [5, 5.41) is 9.12. The maximum absolute atomic E-state index is 11.9. The van der Waals surface area contributed by atoms with Gasteiger partial charge >= 0.3 is 0 Å². The molecule has 1 aromatic carbocycles. The number of pyridine rings is 1. The van der Waals surface area contributed by atoms with Crippen molar-refractivity contribution in [3.8, 4) is 11.5 Å². The molecule has 0 bridgehead atoms. The zero-order valence-electron chi connectivity index (χ0n) is 16.0. The van der Waals surface area contributed by atoms with Crippen molar-refractivity contribution in [2.24, 2.45) is 4.99 Å². The third-order valence-electron chi connectivity index (χ3n) is 3.86. The topological polar surface area (TPSA) is 104 Å². The van der Waals surface area contributed by atoms with E-state index in [1.54, 1.807) is 31.6 Å². The lowest BCUT2D eigenvalue weighted by Crippen LogP contribution is -2.41. The van der Waals surface area contributed by atoms with Crippen LogP contribution in [0.25, 0.3) is 11.5 Å². The van der Waals surface area contributed by atoms with E-state index in [-0.39, 0.29) is 29.9 Å². The average molecular weight is 506 g/mol. The molecule has 8 nitrogen and oxygen atoms in total. The number of halogens is 1. The van der Waals surface area contributed by atoms with Crippen LogP contribution in [0.4, 0.5) is 0 Å². The van der Waals surface area contributed by atoms with E-state index in [0.29, 0.717) is 37.0 Å². The summed E-state index contributed by atoms with van der Waals surface area (Å²) in [6.45, 7) is 1.45. The SMILES string of the molecule is CN=C(NCCNC(=O)c1cccnc1)NCc1coc(-c2ccccc2)n1.I. The molecule has 0 unspecified atom stereocenters. The predicted molar refractivity (Wildman–Crippen MR) is 122 cm³/mol. The molecule has 152 valence electrons. The minimum Gasteiger partial charge on any atom is -0.444 e. The molecule has 0 fully saturated rings. The Kier molecular flexibility index (Phi) is 9.09. The maximum Gasteiger partial charge on any atom is 0.252 e. The van der Waals surface area contributed by atoms with E-state index in [1.807, 2.05) is 30.3 Å². The second-order valence-corrected chi connectivity index (χ2v) is 5.86. The van der Waals surface area contributed by atoms with E-state index in [2.05, 4.69) is 30.9 Å². The summed E-state index contributed by atoms with van der Waals surface area (Å²) >= 11 is 0. The summed E-state index contributed by atoms with van der Waals surface area (Å²) in [5.41, 5.74) is 2.23. The van der Waals surface area contributed by atoms with Gasteiger partial charge in [0, 0.05) is 38.1 Å². The molecule has 3 rings (SSSR count). The molecule has 0 aliphatic heterocycles. The molecule has 0 aliphatic carbocycles. The molecule has 1 amide bonds. The van der Waals surface area contributed by atoms with Crippen molar-refractivity contribution >= 4 is 35.8 Å². The van der Waals surface area contributed by atoms with Gasteiger partial charge in [-0.1, -0.05) is 18.2 Å². The van der Waals surface area contributed by atoms with Crippen molar-refractivity contribution in [2.75, 3.05) is 20.1 Å². The van der Waals surface area contributed by atoms with Gasteiger partial charge in [0.15, 0.2) is 5.96 Å². The van der Waals surface area contributed by atoms with Gasteiger partial charge in [0.1, 0.15) is 6.26 Å². The maximum atomic E-state index is 11.9. The smallest absolute Gasteiger partial charge is 0.252 e. The molecule has 2 aromatic heterocycles. The van der Waals surface area contributed by atoms with Crippen LogP contribution in [0, 0.1) is 0 Å². The Balaban J connectivity index is 0.00000300. The molecular formula is C20H23IN6O2. The van der Waals surface area contributed by atoms with Gasteiger partial charge in [-0.15, -0.1) is 24.0 Å². The molecule has 2 heterocycles. The highest BCUT2D eigenvalue weighted by Crippen LogP contribution is 2.17. The first-order chi connectivity index (χ1) is 13.8. The quantitative estimate of drug-likeness (QED) is 0.197. The predicted octanol–water partition coefficient (Wildman–Crippen LogP) is 2.45. The van der Waals surface area contributed by atoms with Crippen LogP contribution in [0.1, 0.15) is 16.1 Å². The van der Waals surface area contributed by atoms with Crippen molar-refractivity contribution in [2.45, 2.75) is 6.54 Å². The number of aromatic nitrogens is 2. The summed E-state index contributed by atoms with van der Waals surface area (Å²) in [5.74, 6) is 1.03. The van der Waals surface area contributed by atoms with E-state index < -0.39 is 0 Å². The summed E-state index contributed by atoms with van der Waals surface area (Å²) in [6, 6.07) is 13.2. The van der Waals surface area contributed by atoms with Crippen molar-refractivity contribution in [3.63, 3.8) is 0 Å². The lowest BCUT2D eigenvalue weighted by Gasteiger charge is -2.11. The number of nitrogens with zero attached hydrogens (tertiary/aromatic N) is 3. The number of aliphatic imine (C=N–C) groups is 1. The summed E-state index contributed by atoms with van der Waals surface area (Å²) in [6.07, 6.45) is 4.78. The van der Waals surface area contributed by atoms with E-state index in [9.17, 15) is 4.79 Å². The van der Waals surface area contributed by atoms with Crippen LogP contribution >= 0.6 is 24.0 Å². The average Bonchev–Trinajstić information content (AvgIpc) is 3.23. The Bertz CT molecular complexity index is 915. The monoisotopic (exact) mass is 506 g/mol. The molecule has 0 radical (unpaired) electrons. The van der Waals surface area contributed by atoms with Crippen molar-refractivity contribution in [3.05, 3.63) is 72.4 Å². The lowest BCUT2D eigenvalue weighted by molar-refractivity contribution is 0.0954. The largest absolute Gasteiger partial charge is 0.444 e. The van der Waals surface area contributed by atoms with Crippen LogP contribution in [-0.2, 0) is 6.54 Å². The van der Waals surface area contributed by atoms with E-state index in [4.69, 9.17) is 4.42 Å². The standard InChI is InChI=1S/C20H22N6O2.HI/c1-21-20(24-11-10-23-18(27)16-8-5-9-22-12-16)25-13-17-14-28-19(26-17)15-6-3-2-4-7-15;/h2-9,12,14H,10-11,13H2,1H3,(H,23,27)(H2,21,24,25);1H. The van der Waals surface area contributed by atoms with Crippen molar-refractivity contribution in [1.29, 1.82) is 0 Å². The number of rotatable bonds is 7. The third-order valence-corrected chi connectivity index (χ3v) is 3.86. The minimum atomic E-state index is -0.158. The number of carbonyl (C=O) groups excluding carboxylic acids is 1. The Morgan fingerprint density at radius 1 is 1.07 bits per heavy atom. The zero-order valence-corrected chi connectivity index (χ0v) is 18.3. The highest BCUT2D eigenvalue weighted by molar-refractivity contribution is 14.0. The second kappa shape index (κ2) is 11.8. The van der Waals surface area contributed by atoms with Gasteiger partial charge in [0.05, 0.1) is 17.8 Å². The number of guanidine groups is 1. The summed E-state index contributed by atoms with van der Waals surface area (Å²) in [4.78, 5) is 24.5. The molecule has 3 N–H and O–H groups in total. The van der Waals surface area contributed by atoms with Crippen LogP contribution < -0.4 is 16.0 Å². The number of amides is 1. The Morgan fingerprint density at radius 2 is 1.86 bits per heavy atom. The number of benzene rings is 1. The number of hydrogen-bond acceptors (Lipinski definition) is 5. The number of carbonyl (C=O) groups is 1. The van der Waals surface area contributed by atoms with Crippen molar-refractivity contribution in [1.82, 2.24) is 25.9 Å². The van der Waals surface area contributed by atoms with E-state index >= 15 is 0 Å². The second-order valence-electron chi connectivity index (χ2n) is 5.86. The molecule has 29 heavy (non-hydrogen) atoms. The molecule has 3 aromatic rings. The highest BCUT2D eigenvalue weighted by Gasteiger charge is 2.07. The fourth-order valence-electron chi connectivity index (χ4n) is 2.45. The van der Waals surface area contributed by atoms with Crippen LogP contribution in [-0.4, -0.2) is 42.0 Å². The van der Waals surface area contributed by atoms with Crippen LogP contribution in [0.2, 0.25) is 0 Å². The van der Waals surface area contributed by atoms with Gasteiger partial charge in [-0.25, -0.2) is 4.98 Å². The van der Waals surface area contributed by atoms with Gasteiger partial charge in [-0.3, -0.25) is 14.8 Å². The Morgan fingerprint density at radius 3 is 2.59 bits per heavy atom. The first-order valence-corrected chi connectivity index (χ1v) is 8.89. The summed E-state index contributed by atoms with van der Waals surface area (Å²) in [7, 11) is 1.68. The van der Waals surface area contributed by atoms with E-state index in [1.165, 1.54) is 6.20 Å². The normalized spacial score (nSPS) is 10.7. The molecule has 0 atom stereocenters. The molecule has 0 aliphatic rings. The first kappa shape index (κ1) is 22.3. The Labute approximate surface area is 186 Å². The molecule has 0 saturated carbocycles. The molecule has 0 spiro atoms. The Hall–Kier alpha value is -2.95. The lowest BCUT2D eigenvalue weighted by atomic mass is 10.2. The van der Waals surface area contributed by atoms with Gasteiger partial charge in [-0.2, -0.15) is 0 Å². The highest BCUT2D eigenvalue weighted by atomic mass is 127. The molecule has 0 saturated heterocycles. The van der Waals surface area contributed by atoms with Gasteiger partial charge in [-0.05, 0) is 24.3 Å². The summed E-state index contributed by atoms with van der Waals surface area (Å²) < 4.78 is 5.52. The third kappa shape index (κ3) is 6.86.